The van der Waals surface area contributed by atoms with Crippen LogP contribution in [0.2, 0.25) is 0 Å². The second-order valence-electron chi connectivity index (χ2n) is 4.76. The summed E-state index contributed by atoms with van der Waals surface area (Å²) in [6.07, 6.45) is 0. The van der Waals surface area contributed by atoms with Gasteiger partial charge in [0.15, 0.2) is 5.96 Å². The van der Waals surface area contributed by atoms with Crippen LogP contribution < -0.4 is 10.6 Å². The molecule has 0 saturated carbocycles. The summed E-state index contributed by atoms with van der Waals surface area (Å²) in [6.45, 7) is 5.60. The van der Waals surface area contributed by atoms with Crippen molar-refractivity contribution < 1.29 is 0 Å². The van der Waals surface area contributed by atoms with E-state index in [-0.39, 0.29) is 0 Å². The van der Waals surface area contributed by atoms with Gasteiger partial charge in [0.25, 0.3) is 0 Å². The molecular formula is C14H20BrN5S. The molecule has 0 aromatic carbocycles. The second kappa shape index (κ2) is 7.09. The van der Waals surface area contributed by atoms with E-state index in [2.05, 4.69) is 55.7 Å². The van der Waals surface area contributed by atoms with Crippen molar-refractivity contribution in [1.82, 2.24) is 20.4 Å². The molecule has 2 N–H and O–H groups in total. The lowest BCUT2D eigenvalue weighted by atomic mass is 10.2. The van der Waals surface area contributed by atoms with Crippen molar-refractivity contribution in [1.29, 1.82) is 0 Å². The maximum Gasteiger partial charge on any atom is 0.191 e. The number of aliphatic imine (C=N–C) groups is 1. The number of hydrogen-bond donors (Lipinski definition) is 2. The molecule has 5 nitrogen and oxygen atoms in total. The molecule has 0 atom stereocenters. The zero-order valence-electron chi connectivity index (χ0n) is 12.7. The topological polar surface area (TPSA) is 54.2 Å². The van der Waals surface area contributed by atoms with E-state index in [4.69, 9.17) is 0 Å². The summed E-state index contributed by atoms with van der Waals surface area (Å²) in [4.78, 5) is 5.51. The maximum absolute atomic E-state index is 4.42. The first-order chi connectivity index (χ1) is 10.0. The lowest BCUT2D eigenvalue weighted by Gasteiger charge is -2.11. The molecule has 21 heavy (non-hydrogen) atoms. The second-order valence-corrected chi connectivity index (χ2v) is 7.31. The lowest BCUT2D eigenvalue weighted by molar-refractivity contribution is 0.728. The highest BCUT2D eigenvalue weighted by Crippen LogP contribution is 2.21. The van der Waals surface area contributed by atoms with Crippen LogP contribution >= 0.6 is 27.3 Å². The van der Waals surface area contributed by atoms with Gasteiger partial charge < -0.3 is 10.6 Å². The third-order valence-corrected chi connectivity index (χ3v) is 5.00. The molecule has 2 aromatic heterocycles. The van der Waals surface area contributed by atoms with Crippen LogP contribution in [0.4, 0.5) is 0 Å². The molecule has 0 unspecified atom stereocenters. The molecule has 0 bridgehead atoms. The molecule has 0 aliphatic carbocycles. The summed E-state index contributed by atoms with van der Waals surface area (Å²) in [5.41, 5.74) is 3.46. The van der Waals surface area contributed by atoms with E-state index in [9.17, 15) is 0 Å². The van der Waals surface area contributed by atoms with Gasteiger partial charge in [0.1, 0.15) is 0 Å². The first-order valence-corrected chi connectivity index (χ1v) is 8.30. The van der Waals surface area contributed by atoms with E-state index in [1.165, 1.54) is 16.1 Å². The number of rotatable bonds is 4. The Hall–Kier alpha value is -1.34. The highest BCUT2D eigenvalue weighted by Gasteiger charge is 2.09. The number of thiophene rings is 1. The highest BCUT2D eigenvalue weighted by atomic mass is 79.9. The Morgan fingerprint density at radius 3 is 2.57 bits per heavy atom. The average Bonchev–Trinajstić information content (AvgIpc) is 2.96. The quantitative estimate of drug-likeness (QED) is 0.643. The Morgan fingerprint density at radius 2 is 2.05 bits per heavy atom. The predicted molar refractivity (Wildman–Crippen MR) is 91.7 cm³/mol. The van der Waals surface area contributed by atoms with Crippen molar-refractivity contribution in [2.75, 3.05) is 7.05 Å². The van der Waals surface area contributed by atoms with Crippen LogP contribution in [0, 0.1) is 13.8 Å². The van der Waals surface area contributed by atoms with Crippen molar-refractivity contribution in [3.05, 3.63) is 37.7 Å². The van der Waals surface area contributed by atoms with Crippen LogP contribution in [0.5, 0.6) is 0 Å². The monoisotopic (exact) mass is 369 g/mol. The standard InChI is InChI=1S/C14H20BrN5S/c1-9-12(10(2)20(4)19-9)8-18-14(16-3)17-7-11-5-6-13(15)21-11/h5-6H,7-8H2,1-4H3,(H2,16,17,18). The van der Waals surface area contributed by atoms with E-state index in [0.717, 1.165) is 28.5 Å². The number of nitrogens with one attached hydrogen (secondary N) is 2. The Balaban J connectivity index is 1.91. The number of aromatic nitrogens is 2. The SMILES string of the molecule is CN=C(NCc1ccc(Br)s1)NCc1c(C)nn(C)c1C. The van der Waals surface area contributed by atoms with Gasteiger partial charge >= 0.3 is 0 Å². The van der Waals surface area contributed by atoms with Crippen molar-refractivity contribution in [2.24, 2.45) is 12.0 Å². The largest absolute Gasteiger partial charge is 0.352 e. The van der Waals surface area contributed by atoms with E-state index in [1.807, 2.05) is 18.7 Å². The molecule has 0 saturated heterocycles. The van der Waals surface area contributed by atoms with E-state index in [0.29, 0.717) is 0 Å². The van der Waals surface area contributed by atoms with Gasteiger partial charge in [0.05, 0.1) is 16.0 Å². The van der Waals surface area contributed by atoms with Gasteiger partial charge in [-0.1, -0.05) is 0 Å². The number of hydrogen-bond acceptors (Lipinski definition) is 3. The minimum absolute atomic E-state index is 0.722. The van der Waals surface area contributed by atoms with Gasteiger partial charge in [0, 0.05) is 36.8 Å². The summed E-state index contributed by atoms with van der Waals surface area (Å²) < 4.78 is 3.05. The molecule has 0 radical (unpaired) electrons. The van der Waals surface area contributed by atoms with Crippen molar-refractivity contribution >= 4 is 33.2 Å². The number of nitrogens with zero attached hydrogens (tertiary/aromatic N) is 3. The van der Waals surface area contributed by atoms with Gasteiger partial charge in [-0.15, -0.1) is 11.3 Å². The lowest BCUT2D eigenvalue weighted by Crippen LogP contribution is -2.36. The van der Waals surface area contributed by atoms with E-state index in [1.54, 1.807) is 18.4 Å². The normalized spacial score (nSPS) is 11.8. The van der Waals surface area contributed by atoms with Crippen LogP contribution in [0.3, 0.4) is 0 Å². The molecule has 0 amide bonds. The third-order valence-electron chi connectivity index (χ3n) is 3.37. The molecule has 0 spiro atoms. The van der Waals surface area contributed by atoms with Gasteiger partial charge in [-0.2, -0.15) is 5.10 Å². The molecule has 114 valence electrons. The van der Waals surface area contributed by atoms with Gasteiger partial charge in [-0.25, -0.2) is 0 Å². The van der Waals surface area contributed by atoms with E-state index >= 15 is 0 Å². The molecule has 0 aliphatic rings. The molecule has 2 rings (SSSR count). The molecule has 0 aliphatic heterocycles. The first kappa shape index (κ1) is 16.0. The smallest absolute Gasteiger partial charge is 0.191 e. The molecule has 7 heteroatoms. The average molecular weight is 370 g/mol. The van der Waals surface area contributed by atoms with Crippen LogP contribution in [0.25, 0.3) is 0 Å². The van der Waals surface area contributed by atoms with Crippen molar-refractivity contribution in [2.45, 2.75) is 26.9 Å². The first-order valence-electron chi connectivity index (χ1n) is 6.69. The summed E-state index contributed by atoms with van der Waals surface area (Å²) in [5, 5.41) is 11.1. The van der Waals surface area contributed by atoms with Crippen molar-refractivity contribution in [3.63, 3.8) is 0 Å². The summed E-state index contributed by atoms with van der Waals surface area (Å²) in [5.74, 6) is 0.794. The number of aryl methyl sites for hydroxylation is 2. The van der Waals surface area contributed by atoms with E-state index < -0.39 is 0 Å². The Labute approximate surface area is 137 Å². The zero-order valence-corrected chi connectivity index (χ0v) is 15.1. The minimum atomic E-state index is 0.722. The minimum Gasteiger partial charge on any atom is -0.352 e. The van der Waals surface area contributed by atoms with Gasteiger partial charge in [-0.3, -0.25) is 9.67 Å². The van der Waals surface area contributed by atoms with Crippen LogP contribution in [0.15, 0.2) is 20.9 Å². The summed E-state index contributed by atoms with van der Waals surface area (Å²) >= 11 is 5.19. The third kappa shape index (κ3) is 4.07. The summed E-state index contributed by atoms with van der Waals surface area (Å²) in [6, 6.07) is 4.16. The van der Waals surface area contributed by atoms with Gasteiger partial charge in [-0.05, 0) is 41.9 Å². The number of halogens is 1. The Bertz CT molecular complexity index is 644. The predicted octanol–water partition coefficient (Wildman–Crippen LogP) is 2.73. The van der Waals surface area contributed by atoms with Crippen LogP contribution in [0.1, 0.15) is 21.8 Å². The number of guanidine groups is 1. The fraction of sp³-hybridized carbons (Fsp3) is 0.429. The summed E-state index contributed by atoms with van der Waals surface area (Å²) in [7, 11) is 3.75. The van der Waals surface area contributed by atoms with Gasteiger partial charge in [0.2, 0.25) is 0 Å². The Kier molecular flexibility index (Phi) is 5.41. The zero-order chi connectivity index (χ0) is 15.4. The molecular weight excluding hydrogens is 350 g/mol. The molecule has 2 aromatic rings. The molecule has 0 fully saturated rings. The van der Waals surface area contributed by atoms with Crippen LogP contribution in [-0.4, -0.2) is 22.8 Å². The highest BCUT2D eigenvalue weighted by molar-refractivity contribution is 9.11. The maximum atomic E-state index is 4.42. The fourth-order valence-electron chi connectivity index (χ4n) is 2.08. The molecule has 2 heterocycles. The van der Waals surface area contributed by atoms with Crippen molar-refractivity contribution in [3.8, 4) is 0 Å². The van der Waals surface area contributed by atoms with Crippen LogP contribution in [-0.2, 0) is 20.1 Å². The fourth-order valence-corrected chi connectivity index (χ4v) is 3.51. The Morgan fingerprint density at radius 1 is 1.33 bits per heavy atom.